The van der Waals surface area contributed by atoms with Crippen LogP contribution in [0.2, 0.25) is 0 Å². The molecule has 1 aromatic carbocycles. The van der Waals surface area contributed by atoms with Gasteiger partial charge in [-0.25, -0.2) is 0 Å². The molecule has 1 aliphatic rings. The van der Waals surface area contributed by atoms with E-state index in [0.29, 0.717) is 24.5 Å². The maximum atomic E-state index is 12.4. The minimum atomic E-state index is -0.865. The molecule has 0 fully saturated rings. The van der Waals surface area contributed by atoms with Crippen molar-refractivity contribution in [2.75, 3.05) is 13.6 Å². The van der Waals surface area contributed by atoms with Gasteiger partial charge in [0.1, 0.15) is 6.10 Å². The SMILES string of the molecule is C[C@H]1Oc2ccccc2O[C@@H]1C(=O)N(C)CCCC(=O)O. The number of hydrogen-bond donors (Lipinski definition) is 1. The summed E-state index contributed by atoms with van der Waals surface area (Å²) in [7, 11) is 1.64. The average molecular weight is 293 g/mol. The number of carbonyl (C=O) groups is 2. The Kier molecular flexibility index (Phi) is 4.67. The van der Waals surface area contributed by atoms with Crippen molar-refractivity contribution in [3.05, 3.63) is 24.3 Å². The lowest BCUT2D eigenvalue weighted by Gasteiger charge is -2.33. The minimum absolute atomic E-state index is 0.0397. The summed E-state index contributed by atoms with van der Waals surface area (Å²) in [6, 6.07) is 7.21. The molecule has 1 heterocycles. The van der Waals surface area contributed by atoms with Crippen molar-refractivity contribution < 1.29 is 24.2 Å². The van der Waals surface area contributed by atoms with E-state index in [1.54, 1.807) is 26.1 Å². The first-order valence-corrected chi connectivity index (χ1v) is 6.88. The molecule has 1 aliphatic heterocycles. The van der Waals surface area contributed by atoms with E-state index in [9.17, 15) is 9.59 Å². The van der Waals surface area contributed by atoms with Crippen LogP contribution in [-0.2, 0) is 9.59 Å². The fourth-order valence-corrected chi connectivity index (χ4v) is 2.19. The van der Waals surface area contributed by atoms with Crippen molar-refractivity contribution in [1.82, 2.24) is 4.90 Å². The summed E-state index contributed by atoms with van der Waals surface area (Å²) in [6.07, 6.45) is -0.655. The molecular formula is C15H19NO5. The number of amides is 1. The molecule has 0 aliphatic carbocycles. The Morgan fingerprint density at radius 2 is 1.86 bits per heavy atom. The highest BCUT2D eigenvalue weighted by Gasteiger charge is 2.35. The molecule has 0 saturated carbocycles. The number of benzene rings is 1. The number of rotatable bonds is 5. The number of likely N-dealkylation sites (N-methyl/N-ethyl adjacent to an activating group) is 1. The van der Waals surface area contributed by atoms with Crippen LogP contribution in [0.15, 0.2) is 24.3 Å². The highest BCUT2D eigenvalue weighted by Crippen LogP contribution is 2.33. The van der Waals surface area contributed by atoms with E-state index in [1.165, 1.54) is 4.90 Å². The lowest BCUT2D eigenvalue weighted by molar-refractivity contribution is -0.144. The second kappa shape index (κ2) is 6.47. The Balaban J connectivity index is 1.98. The predicted octanol–water partition coefficient (Wildman–Crippen LogP) is 1.54. The normalized spacial score (nSPS) is 19.9. The van der Waals surface area contributed by atoms with Gasteiger partial charge in [-0.2, -0.15) is 0 Å². The first-order chi connectivity index (χ1) is 9.99. The fourth-order valence-electron chi connectivity index (χ4n) is 2.19. The van der Waals surface area contributed by atoms with Crippen LogP contribution in [0.3, 0.4) is 0 Å². The maximum Gasteiger partial charge on any atom is 0.303 e. The molecule has 6 nitrogen and oxygen atoms in total. The molecule has 1 N–H and O–H groups in total. The summed E-state index contributed by atoms with van der Waals surface area (Å²) in [5, 5.41) is 8.62. The number of hydrogen-bond acceptors (Lipinski definition) is 4. The number of carboxylic acids is 1. The van der Waals surface area contributed by atoms with Crippen molar-refractivity contribution in [3.63, 3.8) is 0 Å². The van der Waals surface area contributed by atoms with Crippen molar-refractivity contribution in [2.24, 2.45) is 0 Å². The van der Waals surface area contributed by atoms with E-state index in [0.717, 1.165) is 0 Å². The third-order valence-corrected chi connectivity index (χ3v) is 3.35. The van der Waals surface area contributed by atoms with Gasteiger partial charge in [-0.3, -0.25) is 9.59 Å². The van der Waals surface area contributed by atoms with Crippen LogP contribution < -0.4 is 9.47 Å². The van der Waals surface area contributed by atoms with Gasteiger partial charge in [0.05, 0.1) is 0 Å². The number of carbonyl (C=O) groups excluding carboxylic acids is 1. The molecule has 0 spiro atoms. The fraction of sp³-hybridized carbons (Fsp3) is 0.467. The molecule has 21 heavy (non-hydrogen) atoms. The number of nitrogens with zero attached hydrogens (tertiary/aromatic N) is 1. The number of carboxylic acid groups (broad SMARTS) is 1. The molecule has 6 heteroatoms. The number of aliphatic carboxylic acids is 1. The highest BCUT2D eigenvalue weighted by atomic mass is 16.6. The van der Waals surface area contributed by atoms with Crippen LogP contribution in [0.5, 0.6) is 11.5 Å². The second-order valence-corrected chi connectivity index (χ2v) is 5.07. The first kappa shape index (κ1) is 15.2. The van der Waals surface area contributed by atoms with Crippen molar-refractivity contribution in [1.29, 1.82) is 0 Å². The Bertz CT molecular complexity index is 531. The Morgan fingerprint density at radius 1 is 1.24 bits per heavy atom. The van der Waals surface area contributed by atoms with Crippen LogP contribution in [0.25, 0.3) is 0 Å². The van der Waals surface area contributed by atoms with E-state index in [4.69, 9.17) is 14.6 Å². The lowest BCUT2D eigenvalue weighted by atomic mass is 10.1. The van der Waals surface area contributed by atoms with Gasteiger partial charge < -0.3 is 19.5 Å². The molecule has 2 atom stereocenters. The number of para-hydroxylation sites is 2. The third-order valence-electron chi connectivity index (χ3n) is 3.35. The minimum Gasteiger partial charge on any atom is -0.482 e. The van der Waals surface area contributed by atoms with Gasteiger partial charge in [0.15, 0.2) is 11.5 Å². The van der Waals surface area contributed by atoms with Crippen LogP contribution in [0.1, 0.15) is 19.8 Å². The molecule has 114 valence electrons. The molecule has 0 aromatic heterocycles. The topological polar surface area (TPSA) is 76.1 Å². The van der Waals surface area contributed by atoms with Gasteiger partial charge in [-0.05, 0) is 25.5 Å². The number of ether oxygens (including phenoxy) is 2. The van der Waals surface area contributed by atoms with Crippen LogP contribution in [-0.4, -0.2) is 47.7 Å². The average Bonchev–Trinajstić information content (AvgIpc) is 2.45. The zero-order valence-corrected chi connectivity index (χ0v) is 12.1. The molecular weight excluding hydrogens is 274 g/mol. The van der Waals surface area contributed by atoms with E-state index in [2.05, 4.69) is 0 Å². The van der Waals surface area contributed by atoms with Gasteiger partial charge in [0.2, 0.25) is 6.10 Å². The summed E-state index contributed by atoms with van der Waals surface area (Å²) in [5.74, 6) is 0.105. The standard InChI is InChI=1S/C15H19NO5/c1-10-14(15(19)16(2)9-5-8-13(17)18)21-12-7-4-3-6-11(12)20-10/h3-4,6-7,10,14H,5,8-9H2,1-2H3,(H,17,18)/t10-,14+/m1/s1. The largest absolute Gasteiger partial charge is 0.482 e. The second-order valence-electron chi connectivity index (χ2n) is 5.07. The Morgan fingerprint density at radius 3 is 2.48 bits per heavy atom. The van der Waals surface area contributed by atoms with Crippen LogP contribution in [0.4, 0.5) is 0 Å². The zero-order valence-electron chi connectivity index (χ0n) is 12.1. The first-order valence-electron chi connectivity index (χ1n) is 6.88. The maximum absolute atomic E-state index is 12.4. The van der Waals surface area contributed by atoms with Crippen LogP contribution in [0, 0.1) is 0 Å². The molecule has 0 bridgehead atoms. The third kappa shape index (κ3) is 3.65. The van der Waals surface area contributed by atoms with Gasteiger partial charge in [-0.1, -0.05) is 12.1 Å². The Labute approximate surface area is 123 Å². The predicted molar refractivity (Wildman–Crippen MR) is 75.5 cm³/mol. The Hall–Kier alpha value is -2.24. The summed E-state index contributed by atoms with van der Waals surface area (Å²) in [6.45, 7) is 2.16. The van der Waals surface area contributed by atoms with Gasteiger partial charge in [0.25, 0.3) is 5.91 Å². The smallest absolute Gasteiger partial charge is 0.303 e. The van der Waals surface area contributed by atoms with E-state index in [-0.39, 0.29) is 12.3 Å². The molecule has 1 amide bonds. The molecule has 0 unspecified atom stereocenters. The van der Waals surface area contributed by atoms with Crippen molar-refractivity contribution >= 4 is 11.9 Å². The van der Waals surface area contributed by atoms with Crippen molar-refractivity contribution in [3.8, 4) is 11.5 Å². The van der Waals surface area contributed by atoms with Gasteiger partial charge in [0, 0.05) is 20.0 Å². The van der Waals surface area contributed by atoms with E-state index >= 15 is 0 Å². The van der Waals surface area contributed by atoms with Gasteiger partial charge >= 0.3 is 5.97 Å². The van der Waals surface area contributed by atoms with E-state index < -0.39 is 18.2 Å². The highest BCUT2D eigenvalue weighted by molar-refractivity contribution is 5.82. The zero-order chi connectivity index (χ0) is 15.4. The molecule has 0 saturated heterocycles. The van der Waals surface area contributed by atoms with Crippen LogP contribution >= 0.6 is 0 Å². The molecule has 1 aromatic rings. The summed E-state index contributed by atoms with van der Waals surface area (Å²) < 4.78 is 11.4. The molecule has 2 rings (SSSR count). The van der Waals surface area contributed by atoms with Gasteiger partial charge in [-0.15, -0.1) is 0 Å². The summed E-state index contributed by atoms with van der Waals surface area (Å²) in [5.41, 5.74) is 0. The molecule has 0 radical (unpaired) electrons. The monoisotopic (exact) mass is 293 g/mol. The lowest BCUT2D eigenvalue weighted by Crippen LogP contribution is -2.49. The van der Waals surface area contributed by atoms with Crippen molar-refractivity contribution in [2.45, 2.75) is 32.0 Å². The quantitative estimate of drug-likeness (QED) is 0.891. The van der Waals surface area contributed by atoms with E-state index in [1.807, 2.05) is 12.1 Å². The summed E-state index contributed by atoms with van der Waals surface area (Å²) in [4.78, 5) is 24.3. The summed E-state index contributed by atoms with van der Waals surface area (Å²) >= 11 is 0. The number of fused-ring (bicyclic) bond motifs is 1.